The normalized spacial score (nSPS) is 19.4. The number of methoxy groups -OCH3 is 2. The van der Waals surface area contributed by atoms with Crippen molar-refractivity contribution in [3.8, 4) is 28.8 Å². The lowest BCUT2D eigenvalue weighted by molar-refractivity contribution is -0.116. The number of hydrogen-bond acceptors (Lipinski definition) is 6. The van der Waals surface area contributed by atoms with Crippen LogP contribution in [0.2, 0.25) is 0 Å². The van der Waals surface area contributed by atoms with Crippen LogP contribution in [0.4, 0.5) is 10.1 Å². The first-order valence-electron chi connectivity index (χ1n) is 9.92. The number of benzene rings is 2. The van der Waals surface area contributed by atoms with Crippen molar-refractivity contribution >= 4 is 23.2 Å². The molecule has 0 saturated heterocycles. The van der Waals surface area contributed by atoms with Crippen molar-refractivity contribution in [3.63, 3.8) is 0 Å². The van der Waals surface area contributed by atoms with Gasteiger partial charge < -0.3 is 19.5 Å². The van der Waals surface area contributed by atoms with Crippen LogP contribution in [0.25, 0.3) is 17.1 Å². The Balaban J connectivity index is 1.65. The number of carbonyl (C=O) groups is 1. The lowest BCUT2D eigenvalue weighted by Crippen LogP contribution is -2.27. The van der Waals surface area contributed by atoms with E-state index < -0.39 is 17.0 Å². The minimum Gasteiger partial charge on any atom is -0.497 e. The summed E-state index contributed by atoms with van der Waals surface area (Å²) in [5.74, 6) is 0.673. The first kappa shape index (κ1) is 22.0. The van der Waals surface area contributed by atoms with Crippen LogP contribution in [0.1, 0.15) is 6.42 Å². The van der Waals surface area contributed by atoms with Gasteiger partial charge in [0.05, 0.1) is 19.4 Å². The van der Waals surface area contributed by atoms with E-state index in [1.807, 2.05) is 30.3 Å². The zero-order valence-corrected chi connectivity index (χ0v) is 18.3. The van der Waals surface area contributed by atoms with Gasteiger partial charge in [0.15, 0.2) is 10.7 Å². The summed E-state index contributed by atoms with van der Waals surface area (Å²) in [7, 11) is 3.17. The van der Waals surface area contributed by atoms with Gasteiger partial charge in [-0.05, 0) is 42.5 Å². The van der Waals surface area contributed by atoms with E-state index in [2.05, 4.69) is 15.4 Å². The highest BCUT2D eigenvalue weighted by Crippen LogP contribution is 2.46. The Labute approximate surface area is 189 Å². The maximum atomic E-state index is 13.4. The molecule has 1 aromatic heterocycles. The number of hydrogen-bond donors (Lipinski definition) is 1. The first-order chi connectivity index (χ1) is 15.4. The molecule has 0 bridgehead atoms. The standard InChI is InChI=1S/C22H22ClFN4O4/c1-30-10-11-32-21-26-19(14-6-8-17(31-2)9-7-14)28(27-21)16-5-3-4-15(12-16)25-20(29)22(23)13-18(22)24/h3-9,12,18H,10-11,13H2,1-2H3,(H,25,29)/t18-,22-/m0/s1. The van der Waals surface area contributed by atoms with Gasteiger partial charge in [-0.2, -0.15) is 4.98 Å². The molecule has 4 rings (SSSR count). The highest BCUT2D eigenvalue weighted by atomic mass is 35.5. The van der Waals surface area contributed by atoms with Gasteiger partial charge in [-0.25, -0.2) is 9.07 Å². The molecule has 3 aromatic rings. The molecule has 0 aliphatic heterocycles. The average Bonchev–Trinajstić information content (AvgIpc) is 3.22. The molecule has 1 aliphatic carbocycles. The molecular formula is C22H22ClFN4O4. The van der Waals surface area contributed by atoms with Crippen molar-refractivity contribution in [3.05, 3.63) is 48.5 Å². The smallest absolute Gasteiger partial charge is 0.336 e. The number of nitrogens with one attached hydrogen (secondary N) is 1. The summed E-state index contributed by atoms with van der Waals surface area (Å²) >= 11 is 5.99. The average molecular weight is 461 g/mol. The van der Waals surface area contributed by atoms with E-state index in [0.717, 1.165) is 5.56 Å². The SMILES string of the molecule is COCCOc1nc(-c2ccc(OC)cc2)n(-c2cccc(NC(=O)[C@]3(Cl)C[C@@H]3F)c2)n1. The fourth-order valence-electron chi connectivity index (χ4n) is 3.06. The van der Waals surface area contributed by atoms with E-state index in [9.17, 15) is 9.18 Å². The Bertz CT molecular complexity index is 1110. The van der Waals surface area contributed by atoms with Gasteiger partial charge in [0, 0.05) is 24.8 Å². The molecule has 1 N–H and O–H groups in total. The summed E-state index contributed by atoms with van der Waals surface area (Å²) < 4.78 is 30.9. The number of rotatable bonds is 9. The number of amides is 1. The van der Waals surface area contributed by atoms with Crippen LogP contribution < -0.4 is 14.8 Å². The Morgan fingerprint density at radius 2 is 2.00 bits per heavy atom. The van der Waals surface area contributed by atoms with E-state index in [1.54, 1.807) is 37.1 Å². The van der Waals surface area contributed by atoms with Gasteiger partial charge in [0.1, 0.15) is 18.5 Å². The number of alkyl halides is 2. The number of carbonyl (C=O) groups excluding carboxylic acids is 1. The maximum absolute atomic E-state index is 13.4. The van der Waals surface area contributed by atoms with E-state index in [0.29, 0.717) is 36.2 Å². The van der Waals surface area contributed by atoms with Crippen molar-refractivity contribution in [2.75, 3.05) is 32.8 Å². The Hall–Kier alpha value is -3.17. The predicted molar refractivity (Wildman–Crippen MR) is 117 cm³/mol. The van der Waals surface area contributed by atoms with Gasteiger partial charge in [-0.3, -0.25) is 4.79 Å². The summed E-state index contributed by atoms with van der Waals surface area (Å²) in [4.78, 5) is 15.3. The maximum Gasteiger partial charge on any atom is 0.336 e. The highest BCUT2D eigenvalue weighted by molar-refractivity contribution is 6.39. The molecule has 1 heterocycles. The van der Waals surface area contributed by atoms with Gasteiger partial charge in [-0.1, -0.05) is 6.07 Å². The summed E-state index contributed by atoms with van der Waals surface area (Å²) in [6.45, 7) is 0.685. The molecular weight excluding hydrogens is 439 g/mol. The number of nitrogens with zero attached hydrogens (tertiary/aromatic N) is 3. The monoisotopic (exact) mass is 460 g/mol. The molecule has 0 unspecified atom stereocenters. The molecule has 10 heteroatoms. The predicted octanol–water partition coefficient (Wildman–Crippen LogP) is 3.63. The summed E-state index contributed by atoms with van der Waals surface area (Å²) in [5, 5.41) is 7.13. The molecule has 168 valence electrons. The van der Waals surface area contributed by atoms with Gasteiger partial charge >= 0.3 is 6.01 Å². The molecule has 1 amide bonds. The zero-order chi connectivity index (χ0) is 22.7. The lowest BCUT2D eigenvalue weighted by atomic mass is 10.2. The molecule has 0 spiro atoms. The van der Waals surface area contributed by atoms with Crippen LogP contribution in [-0.2, 0) is 9.53 Å². The second-order valence-corrected chi connectivity index (χ2v) is 7.91. The summed E-state index contributed by atoms with van der Waals surface area (Å²) in [6, 6.07) is 14.5. The first-order valence-corrected chi connectivity index (χ1v) is 10.3. The lowest BCUT2D eigenvalue weighted by Gasteiger charge is -2.11. The third kappa shape index (κ3) is 4.53. The Kier molecular flexibility index (Phi) is 6.29. The number of anilines is 1. The molecule has 1 aliphatic rings. The second-order valence-electron chi connectivity index (χ2n) is 7.24. The van der Waals surface area contributed by atoms with Crippen molar-refractivity contribution in [1.82, 2.24) is 14.8 Å². The number of ether oxygens (including phenoxy) is 3. The fourth-order valence-corrected chi connectivity index (χ4v) is 3.25. The molecule has 8 nitrogen and oxygen atoms in total. The van der Waals surface area contributed by atoms with Crippen LogP contribution in [-0.4, -0.2) is 59.2 Å². The largest absolute Gasteiger partial charge is 0.497 e. The van der Waals surface area contributed by atoms with E-state index in [1.165, 1.54) is 0 Å². The number of aromatic nitrogens is 3. The zero-order valence-electron chi connectivity index (χ0n) is 17.5. The van der Waals surface area contributed by atoms with E-state index >= 15 is 0 Å². The van der Waals surface area contributed by atoms with Crippen LogP contribution >= 0.6 is 11.6 Å². The summed E-state index contributed by atoms with van der Waals surface area (Å²) in [5.41, 5.74) is 1.87. The van der Waals surface area contributed by atoms with Crippen molar-refractivity contribution in [2.45, 2.75) is 17.5 Å². The molecule has 1 fully saturated rings. The van der Waals surface area contributed by atoms with Crippen molar-refractivity contribution < 1.29 is 23.4 Å². The molecule has 2 atom stereocenters. The molecule has 1 saturated carbocycles. The van der Waals surface area contributed by atoms with Crippen LogP contribution in [0.15, 0.2) is 48.5 Å². The third-order valence-corrected chi connectivity index (χ3v) is 5.56. The quantitative estimate of drug-likeness (QED) is 0.387. The minimum absolute atomic E-state index is 0.00689. The van der Waals surface area contributed by atoms with E-state index in [-0.39, 0.29) is 12.4 Å². The Morgan fingerprint density at radius 1 is 1.25 bits per heavy atom. The molecule has 2 aromatic carbocycles. The van der Waals surface area contributed by atoms with Gasteiger partial charge in [0.2, 0.25) is 5.91 Å². The van der Waals surface area contributed by atoms with Crippen LogP contribution in [0.5, 0.6) is 11.8 Å². The third-order valence-electron chi connectivity index (χ3n) is 4.99. The molecule has 0 radical (unpaired) electrons. The van der Waals surface area contributed by atoms with Gasteiger partial charge in [0.25, 0.3) is 0 Å². The van der Waals surface area contributed by atoms with Gasteiger partial charge in [-0.15, -0.1) is 16.7 Å². The fraction of sp³-hybridized carbons (Fsp3) is 0.318. The van der Waals surface area contributed by atoms with Crippen molar-refractivity contribution in [2.24, 2.45) is 0 Å². The highest BCUT2D eigenvalue weighted by Gasteiger charge is 2.60. The minimum atomic E-state index is -1.49. The summed E-state index contributed by atoms with van der Waals surface area (Å²) in [6.07, 6.45) is -1.33. The topological polar surface area (TPSA) is 87.5 Å². The Morgan fingerprint density at radius 3 is 2.66 bits per heavy atom. The molecule has 32 heavy (non-hydrogen) atoms. The van der Waals surface area contributed by atoms with Crippen LogP contribution in [0.3, 0.4) is 0 Å². The van der Waals surface area contributed by atoms with Crippen LogP contribution in [0, 0.1) is 0 Å². The number of halogens is 2. The van der Waals surface area contributed by atoms with E-state index in [4.69, 9.17) is 25.8 Å². The second kappa shape index (κ2) is 9.13. The van der Waals surface area contributed by atoms with Crippen molar-refractivity contribution in [1.29, 1.82) is 0 Å².